The van der Waals surface area contributed by atoms with E-state index >= 15 is 0 Å². The van der Waals surface area contributed by atoms with E-state index in [9.17, 15) is 24.0 Å². The third-order valence-electron chi connectivity index (χ3n) is 5.37. The van der Waals surface area contributed by atoms with E-state index in [0.717, 1.165) is 26.3 Å². The van der Waals surface area contributed by atoms with Gasteiger partial charge in [-0.15, -0.1) is 0 Å². The second kappa shape index (κ2) is 15.0. The zero-order chi connectivity index (χ0) is 28.2. The summed E-state index contributed by atoms with van der Waals surface area (Å²) >= 11 is 0. The van der Waals surface area contributed by atoms with Crippen LogP contribution in [-0.2, 0) is 63.7 Å². The molecule has 1 aromatic carbocycles. The van der Waals surface area contributed by atoms with Crippen molar-refractivity contribution >= 4 is 29.8 Å². The Kier molecular flexibility index (Phi) is 12.2. The molecular formula is C26H34O12. The standard InChI is InChI=1S/C26H34O12/c1-6-20(12-22(31)33-13-19-10-8-7-9-11-19)37-26-25(36-18(5)30)24(35-17(4)29)23(34-16(3)28)21(38-26)14-32-15(2)27/h7-11,20-21,23-26H,6,12-14H2,1-5H3/t20?,21?,23-,24+,25?,26-/m1/s1. The van der Waals surface area contributed by atoms with Crippen molar-refractivity contribution in [2.45, 2.75) is 90.9 Å². The number of ether oxygens (including phenoxy) is 7. The molecule has 0 N–H and O–H groups in total. The van der Waals surface area contributed by atoms with E-state index in [1.807, 2.05) is 30.3 Å². The summed E-state index contributed by atoms with van der Waals surface area (Å²) in [5, 5.41) is 0. The molecule has 1 saturated heterocycles. The Morgan fingerprint density at radius 1 is 0.789 bits per heavy atom. The Labute approximate surface area is 220 Å². The van der Waals surface area contributed by atoms with Crippen LogP contribution in [0.2, 0.25) is 0 Å². The number of hydrogen-bond acceptors (Lipinski definition) is 12. The highest BCUT2D eigenvalue weighted by Crippen LogP contribution is 2.31. The van der Waals surface area contributed by atoms with Crippen LogP contribution in [0.1, 0.15) is 53.0 Å². The van der Waals surface area contributed by atoms with Gasteiger partial charge in [0.15, 0.2) is 24.6 Å². The summed E-state index contributed by atoms with van der Waals surface area (Å²) in [5.74, 6) is -3.41. The maximum atomic E-state index is 12.5. The minimum absolute atomic E-state index is 0.0785. The summed E-state index contributed by atoms with van der Waals surface area (Å²) in [6.45, 7) is 6.02. The molecule has 2 rings (SSSR count). The maximum absolute atomic E-state index is 12.5. The Bertz CT molecular complexity index is 962. The third-order valence-corrected chi connectivity index (χ3v) is 5.37. The van der Waals surface area contributed by atoms with E-state index in [1.54, 1.807) is 6.92 Å². The predicted octanol–water partition coefficient (Wildman–Crippen LogP) is 2.00. The fraction of sp³-hybridized carbons (Fsp3) is 0.577. The average molecular weight is 539 g/mol. The fourth-order valence-electron chi connectivity index (χ4n) is 3.76. The minimum Gasteiger partial charge on any atom is -0.463 e. The van der Waals surface area contributed by atoms with Crippen molar-refractivity contribution in [3.05, 3.63) is 35.9 Å². The first-order chi connectivity index (χ1) is 18.0. The van der Waals surface area contributed by atoms with E-state index in [4.69, 9.17) is 33.2 Å². The Hall–Kier alpha value is -3.51. The third kappa shape index (κ3) is 10.1. The highest BCUT2D eigenvalue weighted by molar-refractivity contribution is 5.70. The summed E-state index contributed by atoms with van der Waals surface area (Å²) in [5.41, 5.74) is 0.814. The first-order valence-corrected chi connectivity index (χ1v) is 12.2. The topological polar surface area (TPSA) is 150 Å². The van der Waals surface area contributed by atoms with E-state index in [1.165, 1.54) is 6.92 Å². The molecule has 38 heavy (non-hydrogen) atoms. The van der Waals surface area contributed by atoms with Crippen molar-refractivity contribution in [1.29, 1.82) is 0 Å². The van der Waals surface area contributed by atoms with Gasteiger partial charge in [0.05, 0.1) is 12.5 Å². The Morgan fingerprint density at radius 2 is 1.37 bits per heavy atom. The van der Waals surface area contributed by atoms with Crippen LogP contribution in [0.15, 0.2) is 30.3 Å². The van der Waals surface area contributed by atoms with Crippen molar-refractivity contribution in [2.75, 3.05) is 6.61 Å². The van der Waals surface area contributed by atoms with E-state index in [-0.39, 0.29) is 19.6 Å². The van der Waals surface area contributed by atoms with Gasteiger partial charge in [0.2, 0.25) is 0 Å². The summed E-state index contributed by atoms with van der Waals surface area (Å²) in [7, 11) is 0. The van der Waals surface area contributed by atoms with Crippen molar-refractivity contribution < 1.29 is 57.1 Å². The molecule has 1 fully saturated rings. The van der Waals surface area contributed by atoms with Gasteiger partial charge in [0.25, 0.3) is 0 Å². The van der Waals surface area contributed by atoms with Gasteiger partial charge in [-0.25, -0.2) is 0 Å². The number of carbonyl (C=O) groups excluding carboxylic acids is 5. The number of esters is 5. The van der Waals surface area contributed by atoms with Gasteiger partial charge < -0.3 is 33.2 Å². The van der Waals surface area contributed by atoms with Crippen molar-refractivity contribution in [3.8, 4) is 0 Å². The molecule has 0 aromatic heterocycles. The summed E-state index contributed by atoms with van der Waals surface area (Å²) in [6, 6.07) is 9.13. The summed E-state index contributed by atoms with van der Waals surface area (Å²) in [6.07, 6.45) is -7.11. The SMILES string of the molecule is CCC(CC(=O)OCc1ccccc1)O[C@@H]1OC(COC(C)=O)[C@@H](OC(C)=O)[C@H](OC(C)=O)C1OC(C)=O. The highest BCUT2D eigenvalue weighted by Gasteiger charge is 2.53. The van der Waals surface area contributed by atoms with Crippen molar-refractivity contribution in [1.82, 2.24) is 0 Å². The predicted molar refractivity (Wildman–Crippen MR) is 128 cm³/mol. The minimum atomic E-state index is -1.37. The lowest BCUT2D eigenvalue weighted by atomic mass is 9.98. The second-order valence-corrected chi connectivity index (χ2v) is 8.58. The van der Waals surface area contributed by atoms with Gasteiger partial charge in [-0.2, -0.15) is 0 Å². The first-order valence-electron chi connectivity index (χ1n) is 12.2. The molecule has 1 aliphatic heterocycles. The summed E-state index contributed by atoms with van der Waals surface area (Å²) in [4.78, 5) is 59.7. The zero-order valence-electron chi connectivity index (χ0n) is 22.1. The quantitative estimate of drug-likeness (QED) is 0.283. The molecule has 1 heterocycles. The molecule has 0 aliphatic carbocycles. The molecule has 6 atom stereocenters. The number of rotatable bonds is 12. The van der Waals surface area contributed by atoms with Crippen LogP contribution in [0.25, 0.3) is 0 Å². The van der Waals surface area contributed by atoms with Gasteiger partial charge in [-0.05, 0) is 12.0 Å². The monoisotopic (exact) mass is 538 g/mol. The number of carbonyl (C=O) groups is 5. The molecule has 12 heteroatoms. The van der Waals surface area contributed by atoms with E-state index in [0.29, 0.717) is 6.42 Å². The van der Waals surface area contributed by atoms with Crippen molar-refractivity contribution in [3.63, 3.8) is 0 Å². The summed E-state index contributed by atoms with van der Waals surface area (Å²) < 4.78 is 38.4. The van der Waals surface area contributed by atoms with Crippen LogP contribution in [0.5, 0.6) is 0 Å². The van der Waals surface area contributed by atoms with E-state index < -0.39 is 66.7 Å². The number of hydrogen-bond donors (Lipinski definition) is 0. The molecule has 1 aliphatic rings. The molecule has 0 bridgehead atoms. The van der Waals surface area contributed by atoms with Crippen LogP contribution in [0.4, 0.5) is 0 Å². The van der Waals surface area contributed by atoms with Gasteiger partial charge in [-0.3, -0.25) is 24.0 Å². The molecule has 210 valence electrons. The Morgan fingerprint density at radius 3 is 1.92 bits per heavy atom. The van der Waals surface area contributed by atoms with Crippen LogP contribution in [-0.4, -0.2) is 73.3 Å². The normalized spacial score (nSPS) is 23.4. The zero-order valence-corrected chi connectivity index (χ0v) is 22.1. The molecular weight excluding hydrogens is 504 g/mol. The lowest BCUT2D eigenvalue weighted by molar-refractivity contribution is -0.317. The molecule has 0 spiro atoms. The molecule has 3 unspecified atom stereocenters. The van der Waals surface area contributed by atoms with E-state index in [2.05, 4.69) is 0 Å². The van der Waals surface area contributed by atoms with Crippen molar-refractivity contribution in [2.24, 2.45) is 0 Å². The van der Waals surface area contributed by atoms with Crippen LogP contribution >= 0.6 is 0 Å². The molecule has 1 aromatic rings. The number of benzene rings is 1. The van der Waals surface area contributed by atoms with Crippen LogP contribution in [0, 0.1) is 0 Å². The largest absolute Gasteiger partial charge is 0.463 e. The van der Waals surface area contributed by atoms with Gasteiger partial charge in [0.1, 0.15) is 19.3 Å². The first kappa shape index (κ1) is 30.7. The lowest BCUT2D eigenvalue weighted by Crippen LogP contribution is -2.63. The lowest BCUT2D eigenvalue weighted by Gasteiger charge is -2.44. The molecule has 12 nitrogen and oxygen atoms in total. The molecule has 0 saturated carbocycles. The van der Waals surface area contributed by atoms with Crippen LogP contribution < -0.4 is 0 Å². The maximum Gasteiger partial charge on any atom is 0.308 e. The van der Waals surface area contributed by atoms with Gasteiger partial charge in [0, 0.05) is 27.7 Å². The van der Waals surface area contributed by atoms with Crippen LogP contribution in [0.3, 0.4) is 0 Å². The molecule has 0 amide bonds. The highest BCUT2D eigenvalue weighted by atomic mass is 16.7. The fourth-order valence-corrected chi connectivity index (χ4v) is 3.76. The smallest absolute Gasteiger partial charge is 0.308 e. The van der Waals surface area contributed by atoms with Gasteiger partial charge >= 0.3 is 29.8 Å². The average Bonchev–Trinajstić information content (AvgIpc) is 2.84. The Balaban J connectivity index is 2.26. The molecule has 0 radical (unpaired) electrons. The second-order valence-electron chi connectivity index (χ2n) is 8.58. The van der Waals surface area contributed by atoms with Gasteiger partial charge in [-0.1, -0.05) is 37.3 Å².